The SMILES string of the molecule is C[C@@H](NCC(C)(CO)CO)C1CCCCCC1. The van der Waals surface area contributed by atoms with Crippen molar-refractivity contribution in [1.29, 1.82) is 0 Å². The maximum Gasteiger partial charge on any atom is 0.0518 e. The second-order valence-electron chi connectivity index (χ2n) is 6.05. The van der Waals surface area contributed by atoms with E-state index in [1.54, 1.807) is 0 Å². The van der Waals surface area contributed by atoms with Crippen LogP contribution in [-0.2, 0) is 0 Å². The van der Waals surface area contributed by atoms with E-state index in [1.165, 1.54) is 38.5 Å². The van der Waals surface area contributed by atoms with Crippen molar-refractivity contribution >= 4 is 0 Å². The van der Waals surface area contributed by atoms with Gasteiger partial charge >= 0.3 is 0 Å². The Hall–Kier alpha value is -0.120. The number of hydrogen-bond donors (Lipinski definition) is 3. The molecular weight excluding hydrogens is 214 g/mol. The second kappa shape index (κ2) is 7.34. The molecule has 0 aromatic heterocycles. The van der Waals surface area contributed by atoms with E-state index in [-0.39, 0.29) is 18.6 Å². The quantitative estimate of drug-likeness (QED) is 0.625. The summed E-state index contributed by atoms with van der Waals surface area (Å²) in [5.41, 5.74) is -0.390. The van der Waals surface area contributed by atoms with Gasteiger partial charge in [0.1, 0.15) is 0 Å². The molecule has 0 aromatic carbocycles. The summed E-state index contributed by atoms with van der Waals surface area (Å²) in [6, 6.07) is 0.491. The van der Waals surface area contributed by atoms with E-state index < -0.39 is 0 Å². The van der Waals surface area contributed by atoms with Crippen LogP contribution in [-0.4, -0.2) is 36.0 Å². The van der Waals surface area contributed by atoms with E-state index in [0.29, 0.717) is 12.6 Å². The molecule has 17 heavy (non-hydrogen) atoms. The highest BCUT2D eigenvalue weighted by molar-refractivity contribution is 4.80. The lowest BCUT2D eigenvalue weighted by molar-refractivity contribution is 0.0654. The van der Waals surface area contributed by atoms with Crippen LogP contribution in [0.25, 0.3) is 0 Å². The minimum absolute atomic E-state index is 0.0356. The standard InChI is InChI=1S/C14H29NO2/c1-12(13-7-5-3-4-6-8-13)15-9-14(2,10-16)11-17/h12-13,15-17H,3-11H2,1-2H3/t12-/m1/s1. The molecule has 0 aromatic rings. The van der Waals surface area contributed by atoms with Crippen molar-refractivity contribution in [3.8, 4) is 0 Å². The highest BCUT2D eigenvalue weighted by atomic mass is 16.3. The summed E-state index contributed by atoms with van der Waals surface area (Å²) < 4.78 is 0. The van der Waals surface area contributed by atoms with Crippen LogP contribution in [0, 0.1) is 11.3 Å². The Morgan fingerprint density at radius 3 is 2.12 bits per heavy atom. The average Bonchev–Trinajstić information content (AvgIpc) is 2.64. The first-order valence-electron chi connectivity index (χ1n) is 7.06. The van der Waals surface area contributed by atoms with Crippen LogP contribution in [0.3, 0.4) is 0 Å². The topological polar surface area (TPSA) is 52.5 Å². The van der Waals surface area contributed by atoms with Gasteiger partial charge in [0.05, 0.1) is 13.2 Å². The smallest absolute Gasteiger partial charge is 0.0518 e. The summed E-state index contributed by atoms with van der Waals surface area (Å²) in [5.74, 6) is 0.763. The molecule has 0 heterocycles. The van der Waals surface area contributed by atoms with Gasteiger partial charge in [0.2, 0.25) is 0 Å². The van der Waals surface area contributed by atoms with Crippen LogP contribution in [0.5, 0.6) is 0 Å². The van der Waals surface area contributed by atoms with Gasteiger partial charge in [0.15, 0.2) is 0 Å². The van der Waals surface area contributed by atoms with Gasteiger partial charge in [-0.2, -0.15) is 0 Å². The van der Waals surface area contributed by atoms with Gasteiger partial charge in [-0.25, -0.2) is 0 Å². The van der Waals surface area contributed by atoms with Crippen LogP contribution < -0.4 is 5.32 Å². The van der Waals surface area contributed by atoms with Gasteiger partial charge in [-0.3, -0.25) is 0 Å². The van der Waals surface area contributed by atoms with Crippen molar-refractivity contribution in [2.75, 3.05) is 19.8 Å². The normalized spacial score (nSPS) is 21.2. The van der Waals surface area contributed by atoms with Gasteiger partial charge in [-0.05, 0) is 25.7 Å². The fourth-order valence-electron chi connectivity index (χ4n) is 2.55. The lowest BCUT2D eigenvalue weighted by Gasteiger charge is -2.30. The largest absolute Gasteiger partial charge is 0.396 e. The third-order valence-electron chi connectivity index (χ3n) is 4.22. The molecule has 1 fully saturated rings. The predicted octanol–water partition coefficient (Wildman–Crippen LogP) is 1.93. The van der Waals surface area contributed by atoms with Crippen LogP contribution in [0.2, 0.25) is 0 Å². The Morgan fingerprint density at radius 2 is 1.65 bits per heavy atom. The highest BCUT2D eigenvalue weighted by Crippen LogP contribution is 2.26. The van der Waals surface area contributed by atoms with Crippen molar-refractivity contribution in [3.63, 3.8) is 0 Å². The molecule has 3 nitrogen and oxygen atoms in total. The van der Waals surface area contributed by atoms with Crippen molar-refractivity contribution in [2.45, 2.75) is 58.4 Å². The van der Waals surface area contributed by atoms with Crippen molar-refractivity contribution in [2.24, 2.45) is 11.3 Å². The molecule has 0 amide bonds. The molecule has 0 radical (unpaired) electrons. The Morgan fingerprint density at radius 1 is 1.12 bits per heavy atom. The number of hydrogen-bond acceptors (Lipinski definition) is 3. The van der Waals surface area contributed by atoms with Crippen molar-refractivity contribution in [1.82, 2.24) is 5.32 Å². The Balaban J connectivity index is 2.34. The molecule has 102 valence electrons. The van der Waals surface area contributed by atoms with Crippen molar-refractivity contribution in [3.05, 3.63) is 0 Å². The zero-order valence-electron chi connectivity index (χ0n) is 11.4. The van der Waals surface area contributed by atoms with E-state index in [1.807, 2.05) is 6.92 Å². The fraction of sp³-hybridized carbons (Fsp3) is 1.00. The minimum Gasteiger partial charge on any atom is -0.396 e. The van der Waals surface area contributed by atoms with Gasteiger partial charge in [-0.15, -0.1) is 0 Å². The van der Waals surface area contributed by atoms with E-state index in [2.05, 4.69) is 12.2 Å². The van der Waals surface area contributed by atoms with E-state index in [9.17, 15) is 10.2 Å². The molecule has 0 saturated heterocycles. The average molecular weight is 243 g/mol. The zero-order valence-corrected chi connectivity index (χ0v) is 11.4. The van der Waals surface area contributed by atoms with Crippen LogP contribution >= 0.6 is 0 Å². The van der Waals surface area contributed by atoms with Crippen LogP contribution in [0.1, 0.15) is 52.4 Å². The molecule has 3 heteroatoms. The molecule has 1 rings (SSSR count). The van der Waals surface area contributed by atoms with Gasteiger partial charge in [0, 0.05) is 18.0 Å². The van der Waals surface area contributed by atoms with Crippen LogP contribution in [0.4, 0.5) is 0 Å². The Labute approximate surface area is 106 Å². The molecule has 1 aliphatic rings. The molecule has 1 aliphatic carbocycles. The molecular formula is C14H29NO2. The number of nitrogens with one attached hydrogen (secondary N) is 1. The van der Waals surface area contributed by atoms with Gasteiger partial charge in [-0.1, -0.05) is 32.6 Å². The van der Waals surface area contributed by atoms with Crippen molar-refractivity contribution < 1.29 is 10.2 Å². The van der Waals surface area contributed by atoms with Gasteiger partial charge < -0.3 is 15.5 Å². The molecule has 3 N–H and O–H groups in total. The van der Waals surface area contributed by atoms with Crippen LogP contribution in [0.15, 0.2) is 0 Å². The summed E-state index contributed by atoms with van der Waals surface area (Å²) in [6.07, 6.45) is 8.12. The highest BCUT2D eigenvalue weighted by Gasteiger charge is 2.25. The Bertz CT molecular complexity index is 196. The molecule has 1 saturated carbocycles. The third kappa shape index (κ3) is 4.94. The number of aliphatic hydroxyl groups is 2. The minimum atomic E-state index is -0.390. The molecule has 0 spiro atoms. The summed E-state index contributed by atoms with van der Waals surface area (Å²) >= 11 is 0. The second-order valence-corrected chi connectivity index (χ2v) is 6.05. The summed E-state index contributed by atoms with van der Waals surface area (Å²) in [4.78, 5) is 0. The first-order valence-corrected chi connectivity index (χ1v) is 7.06. The summed E-state index contributed by atoms with van der Waals surface area (Å²) in [6.45, 7) is 4.92. The third-order valence-corrected chi connectivity index (χ3v) is 4.22. The zero-order chi connectivity index (χ0) is 12.7. The molecule has 0 bridgehead atoms. The summed E-state index contributed by atoms with van der Waals surface area (Å²) in [7, 11) is 0. The fourth-order valence-corrected chi connectivity index (χ4v) is 2.55. The first-order chi connectivity index (χ1) is 8.11. The lowest BCUT2D eigenvalue weighted by atomic mass is 9.89. The molecule has 1 atom stereocenters. The van der Waals surface area contributed by atoms with Gasteiger partial charge in [0.25, 0.3) is 0 Å². The van der Waals surface area contributed by atoms with E-state index in [0.717, 1.165) is 5.92 Å². The number of aliphatic hydroxyl groups excluding tert-OH is 2. The molecule has 0 unspecified atom stereocenters. The predicted molar refractivity (Wildman–Crippen MR) is 70.9 cm³/mol. The lowest BCUT2D eigenvalue weighted by Crippen LogP contribution is -2.43. The first kappa shape index (κ1) is 14.9. The maximum absolute atomic E-state index is 9.25. The summed E-state index contributed by atoms with van der Waals surface area (Å²) in [5, 5.41) is 22.0. The Kier molecular flexibility index (Phi) is 6.45. The van der Waals surface area contributed by atoms with E-state index in [4.69, 9.17) is 0 Å². The number of rotatable bonds is 6. The maximum atomic E-state index is 9.25. The monoisotopic (exact) mass is 243 g/mol. The molecule has 0 aliphatic heterocycles. The van der Waals surface area contributed by atoms with E-state index >= 15 is 0 Å².